The summed E-state index contributed by atoms with van der Waals surface area (Å²) >= 11 is 0. The first-order valence-electron chi connectivity index (χ1n) is 5.20. The molecule has 0 aromatic rings. The largest absolute Gasteiger partial charge is 0.368 e. The predicted molar refractivity (Wildman–Crippen MR) is 53.2 cm³/mol. The fourth-order valence-corrected chi connectivity index (χ4v) is 2.13. The van der Waals surface area contributed by atoms with E-state index in [0.29, 0.717) is 5.92 Å². The summed E-state index contributed by atoms with van der Waals surface area (Å²) in [5.74, 6) is 0.492. The molecule has 0 radical (unpaired) electrons. The van der Waals surface area contributed by atoms with E-state index in [1.54, 1.807) is 7.05 Å². The second-order valence-corrected chi connectivity index (χ2v) is 3.98. The van der Waals surface area contributed by atoms with Gasteiger partial charge < -0.3 is 11.1 Å². The Labute approximate surface area is 80.1 Å². The minimum atomic E-state index is -0.215. The smallest absolute Gasteiger partial charge is 0.234 e. The van der Waals surface area contributed by atoms with Crippen LogP contribution in [0.1, 0.15) is 38.5 Å². The first-order chi connectivity index (χ1) is 6.24. The molecule has 1 saturated carbocycles. The number of carbonyl (C=O) groups excluding carboxylic acids is 1. The molecule has 1 aliphatic rings. The molecule has 0 bridgehead atoms. The number of hydrogen-bond acceptors (Lipinski definition) is 2. The van der Waals surface area contributed by atoms with Crippen molar-refractivity contribution in [3.05, 3.63) is 0 Å². The summed E-state index contributed by atoms with van der Waals surface area (Å²) < 4.78 is 0. The summed E-state index contributed by atoms with van der Waals surface area (Å²) in [4.78, 5) is 11.0. The number of likely N-dealkylation sites (N-methyl/N-ethyl adjacent to an activating group) is 1. The molecule has 3 N–H and O–H groups in total. The maximum atomic E-state index is 11.0. The number of rotatable bonds is 4. The van der Waals surface area contributed by atoms with Crippen LogP contribution in [0.5, 0.6) is 0 Å². The van der Waals surface area contributed by atoms with Gasteiger partial charge in [-0.15, -0.1) is 0 Å². The van der Waals surface area contributed by atoms with Crippen LogP contribution in [-0.4, -0.2) is 19.0 Å². The van der Waals surface area contributed by atoms with Gasteiger partial charge in [0.1, 0.15) is 0 Å². The molecule has 3 heteroatoms. The van der Waals surface area contributed by atoms with E-state index in [9.17, 15) is 4.79 Å². The van der Waals surface area contributed by atoms with Gasteiger partial charge in [-0.2, -0.15) is 0 Å². The number of nitrogens with two attached hydrogens (primary N) is 1. The van der Waals surface area contributed by atoms with Gasteiger partial charge in [-0.1, -0.05) is 32.1 Å². The second-order valence-electron chi connectivity index (χ2n) is 3.98. The van der Waals surface area contributed by atoms with Gasteiger partial charge in [0.15, 0.2) is 0 Å². The molecule has 1 unspecified atom stereocenters. The monoisotopic (exact) mass is 184 g/mol. The molecule has 0 aromatic heterocycles. The highest BCUT2D eigenvalue weighted by Gasteiger charge is 2.20. The lowest BCUT2D eigenvalue weighted by atomic mass is 9.85. The fourth-order valence-electron chi connectivity index (χ4n) is 2.13. The van der Waals surface area contributed by atoms with Crippen LogP contribution in [-0.2, 0) is 4.79 Å². The number of nitrogens with one attached hydrogen (secondary N) is 1. The van der Waals surface area contributed by atoms with Gasteiger partial charge in [-0.25, -0.2) is 0 Å². The molecule has 1 fully saturated rings. The van der Waals surface area contributed by atoms with Gasteiger partial charge in [0.05, 0.1) is 6.04 Å². The van der Waals surface area contributed by atoms with E-state index in [-0.39, 0.29) is 11.9 Å². The lowest BCUT2D eigenvalue weighted by Gasteiger charge is -2.24. The molecule has 0 spiro atoms. The molecular formula is C10H20N2O. The Hall–Kier alpha value is -0.570. The van der Waals surface area contributed by atoms with Gasteiger partial charge in [-0.05, 0) is 19.4 Å². The molecule has 0 aliphatic heterocycles. The third-order valence-electron chi connectivity index (χ3n) is 2.99. The van der Waals surface area contributed by atoms with Crippen LogP contribution in [0, 0.1) is 5.92 Å². The number of primary amides is 1. The Balaban J connectivity index is 2.31. The van der Waals surface area contributed by atoms with Crippen molar-refractivity contribution in [1.29, 1.82) is 0 Å². The van der Waals surface area contributed by atoms with E-state index in [2.05, 4.69) is 5.32 Å². The highest BCUT2D eigenvalue weighted by molar-refractivity contribution is 5.79. The quantitative estimate of drug-likeness (QED) is 0.685. The van der Waals surface area contributed by atoms with Gasteiger partial charge in [-0.3, -0.25) is 4.79 Å². The first-order valence-corrected chi connectivity index (χ1v) is 5.20. The molecule has 13 heavy (non-hydrogen) atoms. The van der Waals surface area contributed by atoms with Gasteiger partial charge in [0.2, 0.25) is 5.91 Å². The van der Waals surface area contributed by atoms with Crippen LogP contribution in [0.4, 0.5) is 0 Å². The number of carbonyl (C=O) groups is 1. The van der Waals surface area contributed by atoms with Crippen LogP contribution in [0.2, 0.25) is 0 Å². The lowest BCUT2D eigenvalue weighted by molar-refractivity contribution is -0.120. The molecule has 1 aliphatic carbocycles. The highest BCUT2D eigenvalue weighted by atomic mass is 16.1. The Morgan fingerprint density at radius 3 is 2.54 bits per heavy atom. The summed E-state index contributed by atoms with van der Waals surface area (Å²) in [6, 6.07) is -0.122. The normalized spacial score (nSPS) is 21.3. The third-order valence-corrected chi connectivity index (χ3v) is 2.99. The van der Waals surface area contributed by atoms with Gasteiger partial charge >= 0.3 is 0 Å². The predicted octanol–water partition coefficient (Wildman–Crippen LogP) is 1.03. The van der Waals surface area contributed by atoms with Crippen LogP contribution in [0.3, 0.4) is 0 Å². The van der Waals surface area contributed by atoms with Crippen molar-refractivity contribution in [3.63, 3.8) is 0 Å². The fraction of sp³-hybridized carbons (Fsp3) is 0.900. The van der Waals surface area contributed by atoms with E-state index < -0.39 is 0 Å². The summed E-state index contributed by atoms with van der Waals surface area (Å²) in [7, 11) is 1.80. The first kappa shape index (κ1) is 10.5. The molecule has 0 saturated heterocycles. The lowest BCUT2D eigenvalue weighted by Crippen LogP contribution is -2.40. The molecule has 1 amide bonds. The van der Waals surface area contributed by atoms with Crippen molar-refractivity contribution in [2.45, 2.75) is 44.6 Å². The highest BCUT2D eigenvalue weighted by Crippen LogP contribution is 2.27. The van der Waals surface area contributed by atoms with E-state index >= 15 is 0 Å². The molecule has 0 heterocycles. The summed E-state index contributed by atoms with van der Waals surface area (Å²) in [6.07, 6.45) is 7.46. The SMILES string of the molecule is CNC(CC1CCCCC1)C(N)=O. The Morgan fingerprint density at radius 2 is 2.08 bits per heavy atom. The van der Waals surface area contributed by atoms with Crippen molar-refractivity contribution in [3.8, 4) is 0 Å². The van der Waals surface area contributed by atoms with Crippen molar-refractivity contribution in [2.75, 3.05) is 7.05 Å². The van der Waals surface area contributed by atoms with E-state index in [1.807, 2.05) is 0 Å². The minimum Gasteiger partial charge on any atom is -0.368 e. The Morgan fingerprint density at radius 1 is 1.46 bits per heavy atom. The Bertz CT molecular complexity index is 164. The van der Waals surface area contributed by atoms with Crippen LogP contribution < -0.4 is 11.1 Å². The van der Waals surface area contributed by atoms with E-state index in [4.69, 9.17) is 5.73 Å². The van der Waals surface area contributed by atoms with Crippen LogP contribution in [0.25, 0.3) is 0 Å². The topological polar surface area (TPSA) is 55.1 Å². The molecule has 76 valence electrons. The standard InChI is InChI=1S/C10H20N2O/c1-12-9(10(11)13)7-8-5-3-2-4-6-8/h8-9,12H,2-7H2,1H3,(H2,11,13). The third kappa shape index (κ3) is 3.35. The summed E-state index contributed by atoms with van der Waals surface area (Å²) in [5.41, 5.74) is 5.26. The molecule has 3 nitrogen and oxygen atoms in total. The van der Waals surface area contributed by atoms with Crippen molar-refractivity contribution in [2.24, 2.45) is 11.7 Å². The molecule has 1 rings (SSSR count). The zero-order valence-electron chi connectivity index (χ0n) is 8.38. The summed E-state index contributed by atoms with van der Waals surface area (Å²) in [6.45, 7) is 0. The van der Waals surface area contributed by atoms with E-state index in [0.717, 1.165) is 6.42 Å². The molecule has 0 aromatic carbocycles. The number of amides is 1. The van der Waals surface area contributed by atoms with Crippen molar-refractivity contribution in [1.82, 2.24) is 5.32 Å². The zero-order chi connectivity index (χ0) is 9.68. The average molecular weight is 184 g/mol. The maximum Gasteiger partial charge on any atom is 0.234 e. The average Bonchev–Trinajstić information content (AvgIpc) is 2.15. The Kier molecular flexibility index (Phi) is 4.22. The number of hydrogen-bond donors (Lipinski definition) is 2. The van der Waals surface area contributed by atoms with Gasteiger partial charge in [0.25, 0.3) is 0 Å². The molecule has 1 atom stereocenters. The van der Waals surface area contributed by atoms with Gasteiger partial charge in [0, 0.05) is 0 Å². The molecular weight excluding hydrogens is 164 g/mol. The van der Waals surface area contributed by atoms with Crippen molar-refractivity contribution < 1.29 is 4.79 Å². The van der Waals surface area contributed by atoms with Crippen LogP contribution >= 0.6 is 0 Å². The zero-order valence-corrected chi connectivity index (χ0v) is 8.38. The minimum absolute atomic E-state index is 0.122. The second kappa shape index (κ2) is 5.22. The van der Waals surface area contributed by atoms with Crippen LogP contribution in [0.15, 0.2) is 0 Å². The maximum absolute atomic E-state index is 11.0. The van der Waals surface area contributed by atoms with Crippen molar-refractivity contribution >= 4 is 5.91 Å². The summed E-state index contributed by atoms with van der Waals surface area (Å²) in [5, 5.41) is 2.97. The van der Waals surface area contributed by atoms with E-state index in [1.165, 1.54) is 32.1 Å².